The van der Waals surface area contributed by atoms with Crippen LogP contribution in [0.2, 0.25) is 0 Å². The zero-order chi connectivity index (χ0) is 20.5. The molecule has 0 aliphatic heterocycles. The fraction of sp³-hybridized carbons (Fsp3) is 0.125. The summed E-state index contributed by atoms with van der Waals surface area (Å²) in [5, 5.41) is 9.57. The Hall–Kier alpha value is -3.73. The van der Waals surface area contributed by atoms with E-state index in [1.807, 2.05) is 36.4 Å². The van der Waals surface area contributed by atoms with Crippen molar-refractivity contribution >= 4 is 17.6 Å². The Balaban J connectivity index is 1.70. The summed E-state index contributed by atoms with van der Waals surface area (Å²) in [7, 11) is 1.55. The van der Waals surface area contributed by atoms with Gasteiger partial charge in [-0.25, -0.2) is 4.79 Å². The molecular formula is C24H22O5. The number of carboxylic acid groups (broad SMARTS) is 1. The summed E-state index contributed by atoms with van der Waals surface area (Å²) in [6, 6.07) is 23.8. The molecule has 0 spiro atoms. The molecule has 1 N–H and O–H groups in total. The molecule has 0 amide bonds. The smallest absolute Gasteiger partial charge is 0.336 e. The number of hydrogen-bond donors (Lipinski definition) is 1. The van der Waals surface area contributed by atoms with Gasteiger partial charge in [0.05, 0.1) is 12.7 Å². The highest BCUT2D eigenvalue weighted by Gasteiger charge is 2.11. The minimum atomic E-state index is -0.992. The van der Waals surface area contributed by atoms with E-state index in [4.69, 9.17) is 14.2 Å². The first-order chi connectivity index (χ1) is 14.2. The van der Waals surface area contributed by atoms with Crippen molar-refractivity contribution in [1.29, 1.82) is 0 Å². The lowest BCUT2D eigenvalue weighted by molar-refractivity contribution is -0.130. The Kier molecular flexibility index (Phi) is 6.90. The Bertz CT molecular complexity index is 965. The molecule has 0 aromatic heterocycles. The molecule has 0 aliphatic rings. The highest BCUT2D eigenvalue weighted by atomic mass is 16.5. The molecule has 0 saturated heterocycles. The Morgan fingerprint density at radius 3 is 2.17 bits per heavy atom. The highest BCUT2D eigenvalue weighted by Crippen LogP contribution is 2.30. The summed E-state index contributed by atoms with van der Waals surface area (Å²) in [6.07, 6.45) is 1.61. The predicted octanol–water partition coefficient (Wildman–Crippen LogP) is 4.78. The summed E-state index contributed by atoms with van der Waals surface area (Å²) in [5.41, 5.74) is 1.55. The first-order valence-corrected chi connectivity index (χ1v) is 9.16. The van der Waals surface area contributed by atoms with Gasteiger partial charge < -0.3 is 19.3 Å². The number of ether oxygens (including phenoxy) is 3. The van der Waals surface area contributed by atoms with Crippen LogP contribution in [0.25, 0.3) is 11.6 Å². The summed E-state index contributed by atoms with van der Waals surface area (Å²) >= 11 is 0. The van der Waals surface area contributed by atoms with Crippen molar-refractivity contribution in [3.8, 4) is 17.2 Å². The van der Waals surface area contributed by atoms with Crippen LogP contribution < -0.4 is 14.2 Å². The molecule has 0 radical (unpaired) electrons. The van der Waals surface area contributed by atoms with E-state index < -0.39 is 5.97 Å². The van der Waals surface area contributed by atoms with Gasteiger partial charge in [-0.05, 0) is 41.5 Å². The number of rotatable bonds is 9. The second-order valence-electron chi connectivity index (χ2n) is 6.15. The van der Waals surface area contributed by atoms with Crippen LogP contribution in [0.3, 0.4) is 0 Å². The summed E-state index contributed by atoms with van der Waals surface area (Å²) in [5.74, 6) is 0.883. The van der Waals surface area contributed by atoms with Gasteiger partial charge in [-0.2, -0.15) is 0 Å². The molecule has 5 nitrogen and oxygen atoms in total. The Morgan fingerprint density at radius 1 is 0.862 bits per heavy atom. The SMILES string of the molecule is COc1cc(/C=C(/C(=O)O)c2ccccc2)ccc1OCCOc1ccccc1. The molecule has 29 heavy (non-hydrogen) atoms. The summed E-state index contributed by atoms with van der Waals surface area (Å²) in [4.78, 5) is 11.7. The van der Waals surface area contributed by atoms with E-state index in [0.717, 1.165) is 5.75 Å². The molecule has 0 heterocycles. The monoisotopic (exact) mass is 390 g/mol. The lowest BCUT2D eigenvalue weighted by Gasteiger charge is -2.12. The van der Waals surface area contributed by atoms with Gasteiger partial charge in [0.15, 0.2) is 11.5 Å². The largest absolute Gasteiger partial charge is 0.493 e. The molecule has 3 rings (SSSR count). The van der Waals surface area contributed by atoms with Crippen molar-refractivity contribution in [3.63, 3.8) is 0 Å². The fourth-order valence-corrected chi connectivity index (χ4v) is 2.77. The van der Waals surface area contributed by atoms with Gasteiger partial charge >= 0.3 is 5.97 Å². The normalized spacial score (nSPS) is 11.0. The highest BCUT2D eigenvalue weighted by molar-refractivity contribution is 6.20. The number of para-hydroxylation sites is 1. The zero-order valence-electron chi connectivity index (χ0n) is 16.1. The number of aliphatic carboxylic acids is 1. The minimum absolute atomic E-state index is 0.206. The number of hydrogen-bond acceptors (Lipinski definition) is 4. The molecule has 0 saturated carbocycles. The standard InChI is InChI=1S/C24H22O5/c1-27-23-17-18(16-21(24(25)26)19-8-4-2-5-9-19)12-13-22(23)29-15-14-28-20-10-6-3-7-11-20/h2-13,16-17H,14-15H2,1H3,(H,25,26)/b21-16+. The van der Waals surface area contributed by atoms with E-state index in [-0.39, 0.29) is 5.57 Å². The predicted molar refractivity (Wildman–Crippen MR) is 112 cm³/mol. The van der Waals surface area contributed by atoms with Crippen molar-refractivity contribution in [3.05, 3.63) is 90.0 Å². The van der Waals surface area contributed by atoms with Gasteiger partial charge in [0.2, 0.25) is 0 Å². The van der Waals surface area contributed by atoms with E-state index in [2.05, 4.69) is 0 Å². The van der Waals surface area contributed by atoms with Crippen LogP contribution in [0.15, 0.2) is 78.9 Å². The van der Waals surface area contributed by atoms with Crippen LogP contribution >= 0.6 is 0 Å². The van der Waals surface area contributed by atoms with Crippen molar-refractivity contribution in [2.24, 2.45) is 0 Å². The van der Waals surface area contributed by atoms with Gasteiger partial charge in [-0.3, -0.25) is 0 Å². The van der Waals surface area contributed by atoms with Crippen LogP contribution in [0.4, 0.5) is 0 Å². The summed E-state index contributed by atoms with van der Waals surface area (Å²) in [6.45, 7) is 0.747. The van der Waals surface area contributed by atoms with Crippen LogP contribution in [0.1, 0.15) is 11.1 Å². The maximum Gasteiger partial charge on any atom is 0.336 e. The number of carboxylic acids is 1. The molecule has 0 bridgehead atoms. The first-order valence-electron chi connectivity index (χ1n) is 9.16. The molecule has 3 aromatic rings. The average molecular weight is 390 g/mol. The second-order valence-corrected chi connectivity index (χ2v) is 6.15. The molecule has 5 heteroatoms. The molecule has 3 aromatic carbocycles. The van der Waals surface area contributed by atoms with E-state index in [9.17, 15) is 9.90 Å². The van der Waals surface area contributed by atoms with Crippen LogP contribution in [-0.2, 0) is 4.79 Å². The van der Waals surface area contributed by atoms with Crippen molar-refractivity contribution in [2.45, 2.75) is 0 Å². The third-order valence-corrected chi connectivity index (χ3v) is 4.17. The van der Waals surface area contributed by atoms with E-state index in [1.165, 1.54) is 0 Å². The molecule has 0 atom stereocenters. The number of methoxy groups -OCH3 is 1. The minimum Gasteiger partial charge on any atom is -0.493 e. The fourth-order valence-electron chi connectivity index (χ4n) is 2.77. The molecule has 0 unspecified atom stereocenters. The Labute approximate surface area is 169 Å². The quantitative estimate of drug-likeness (QED) is 0.324. The van der Waals surface area contributed by atoms with Crippen molar-refractivity contribution < 1.29 is 24.1 Å². The van der Waals surface area contributed by atoms with Crippen molar-refractivity contribution in [1.82, 2.24) is 0 Å². The topological polar surface area (TPSA) is 65.0 Å². The Morgan fingerprint density at radius 2 is 1.52 bits per heavy atom. The van der Waals surface area contributed by atoms with Gasteiger partial charge in [0.25, 0.3) is 0 Å². The van der Waals surface area contributed by atoms with E-state index >= 15 is 0 Å². The van der Waals surface area contributed by atoms with Gasteiger partial charge in [-0.1, -0.05) is 54.6 Å². The molecule has 148 valence electrons. The van der Waals surface area contributed by atoms with E-state index in [0.29, 0.717) is 35.8 Å². The molecule has 0 fully saturated rings. The average Bonchev–Trinajstić information content (AvgIpc) is 2.76. The number of benzene rings is 3. The van der Waals surface area contributed by atoms with Crippen molar-refractivity contribution in [2.75, 3.05) is 20.3 Å². The first kappa shape index (κ1) is 20.0. The second kappa shape index (κ2) is 9.99. The summed E-state index contributed by atoms with van der Waals surface area (Å²) < 4.78 is 16.8. The number of carbonyl (C=O) groups is 1. The maximum atomic E-state index is 11.7. The third kappa shape index (κ3) is 5.62. The lowest BCUT2D eigenvalue weighted by atomic mass is 10.0. The van der Waals surface area contributed by atoms with Gasteiger partial charge in [0.1, 0.15) is 19.0 Å². The van der Waals surface area contributed by atoms with Gasteiger partial charge in [-0.15, -0.1) is 0 Å². The van der Waals surface area contributed by atoms with Crippen LogP contribution in [0.5, 0.6) is 17.2 Å². The third-order valence-electron chi connectivity index (χ3n) is 4.17. The maximum absolute atomic E-state index is 11.7. The van der Waals surface area contributed by atoms with Crippen LogP contribution in [-0.4, -0.2) is 31.4 Å². The van der Waals surface area contributed by atoms with E-state index in [1.54, 1.807) is 55.7 Å². The zero-order valence-corrected chi connectivity index (χ0v) is 16.1. The van der Waals surface area contributed by atoms with Crippen LogP contribution in [0, 0.1) is 0 Å². The lowest BCUT2D eigenvalue weighted by Crippen LogP contribution is -2.09. The van der Waals surface area contributed by atoms with Gasteiger partial charge in [0, 0.05) is 0 Å². The molecule has 0 aliphatic carbocycles. The molecular weight excluding hydrogens is 368 g/mol.